The van der Waals surface area contributed by atoms with Gasteiger partial charge in [0, 0.05) is 74.3 Å². The summed E-state index contributed by atoms with van der Waals surface area (Å²) < 4.78 is 145. The number of alkyl halides is 2. The molecule has 0 saturated heterocycles. The molecule has 0 heterocycles. The molecule has 0 rings (SSSR count). The van der Waals surface area contributed by atoms with Crippen LogP contribution in [-0.2, 0) is 82.5 Å². The van der Waals surface area contributed by atoms with Crippen LogP contribution in [0.15, 0.2) is 0 Å². The van der Waals surface area contributed by atoms with Crippen molar-refractivity contribution in [2.24, 2.45) is 0 Å². The van der Waals surface area contributed by atoms with Crippen LogP contribution in [0, 0.1) is 22.7 Å². The fourth-order valence-corrected chi connectivity index (χ4v) is 17.9. The molecule has 42 heteroatoms. The lowest BCUT2D eigenvalue weighted by Crippen LogP contribution is -2.43. The van der Waals surface area contributed by atoms with Crippen molar-refractivity contribution in [2.75, 3.05) is 236 Å². The van der Waals surface area contributed by atoms with E-state index in [0.29, 0.717) is 171 Å². The molecule has 0 aromatic rings. The maximum atomic E-state index is 11.6. The summed E-state index contributed by atoms with van der Waals surface area (Å²) >= 11 is 2.31. The predicted octanol–water partition coefficient (Wildman–Crippen LogP) is 24.7. The summed E-state index contributed by atoms with van der Waals surface area (Å²) in [6.07, 6.45) is 2.71. The third-order valence-electron chi connectivity index (χ3n) is 20.8. The average Bonchev–Trinajstić information content (AvgIpc) is 0.829. The van der Waals surface area contributed by atoms with Crippen molar-refractivity contribution in [2.45, 2.75) is 333 Å². The second-order valence-electron chi connectivity index (χ2n) is 41.5. The molecule has 0 saturated carbocycles. The molecule has 0 bridgehead atoms. The second-order valence-corrected chi connectivity index (χ2v) is 83.0. The Bertz CT molecular complexity index is 2680. The van der Waals surface area contributed by atoms with E-state index in [0.717, 1.165) is 31.4 Å². The van der Waals surface area contributed by atoms with Gasteiger partial charge >= 0.3 is 8.03 Å². The third-order valence-corrected chi connectivity index (χ3v) is 53.3. The number of nitriles is 2. The predicted molar refractivity (Wildman–Crippen MR) is 585 cm³/mol. The van der Waals surface area contributed by atoms with Crippen molar-refractivity contribution in [3.8, 4) is 12.1 Å². The first kappa shape index (κ1) is 158. The zero-order chi connectivity index (χ0) is 105. The second kappa shape index (κ2) is 88.0. The fraction of sp³-hybridized carbons (Fsp3) is 0.978. The van der Waals surface area contributed by atoms with Crippen molar-refractivity contribution in [3.63, 3.8) is 0 Å². The van der Waals surface area contributed by atoms with Gasteiger partial charge in [-0.3, -0.25) is 9.09 Å². The van der Waals surface area contributed by atoms with E-state index in [4.69, 9.17) is 87.3 Å². The van der Waals surface area contributed by atoms with E-state index < -0.39 is 94.9 Å². The molecule has 0 aliphatic carbocycles. The highest BCUT2D eigenvalue weighted by molar-refractivity contribution is 14.1. The minimum atomic E-state index is -2.02. The molecular weight excluding hydrogens is 2000 g/mol. The number of aliphatic hydroxyl groups is 4. The number of nitrogens with zero attached hydrogens (tertiary/aromatic N) is 5. The van der Waals surface area contributed by atoms with Crippen LogP contribution in [0.2, 0.25) is 97.2 Å². The monoisotopic (exact) mass is 2210 g/mol. The van der Waals surface area contributed by atoms with E-state index in [1.165, 1.54) is 13.8 Å². The van der Waals surface area contributed by atoms with Gasteiger partial charge < -0.3 is 100.0 Å². The summed E-state index contributed by atoms with van der Waals surface area (Å²) in [5.41, 5.74) is 0. The molecule has 0 aromatic heterocycles. The first-order valence-corrected chi connectivity index (χ1v) is 74.6. The first-order valence-electron chi connectivity index (χ1n) is 46.4. The van der Waals surface area contributed by atoms with Crippen molar-refractivity contribution < 1.29 is 113 Å². The number of halogens is 3. The van der Waals surface area contributed by atoms with E-state index in [2.05, 4.69) is 317 Å². The van der Waals surface area contributed by atoms with Gasteiger partial charge in [-0.2, -0.15) is 10.5 Å². The van der Waals surface area contributed by atoms with Gasteiger partial charge in [-0.05, 0) is 205 Å². The lowest BCUT2D eigenvalue weighted by molar-refractivity contribution is 0.0650. The minimum absolute atomic E-state index is 0. The van der Waals surface area contributed by atoms with Crippen LogP contribution >= 0.6 is 69.0 Å². The Labute approximate surface area is 830 Å². The summed E-state index contributed by atoms with van der Waals surface area (Å²) in [7, 11) is -15.2. The Morgan fingerprint density at radius 3 is 0.786 bits per heavy atom. The Morgan fingerprint density at radius 2 is 0.603 bits per heavy atom. The Kier molecular flexibility index (Phi) is 106. The van der Waals surface area contributed by atoms with Crippen LogP contribution < -0.4 is 6.15 Å². The molecule has 802 valence electrons. The third kappa shape index (κ3) is 103. The number of hydrogen-bond donors (Lipinski definition) is 5. The maximum Gasteiger partial charge on any atom is 0.504 e. The SMILES string of the molecule is CC(C)(C)[Si](C)(C)C.CC(C)(C)[Si](C)(C)OCCOCCI.CC(C)(C)[Si](C)(C)OCCOCCO.CC(C)(C)[Si](C)(C)OCCOCCP(C)(C)=O.CC(C)(C)[Si](C)(C)OCCOCCP(C)(C)=O.CC(C)N(C(C)C)P(OCCC#N)N(C(C)C)C(C)C.CC(C)N(C(C)C)P(OCCC#N)OCCOCCP(C)(C)=O.CO.CO[P+](C)=O.F.N.OCCOCCO.[2H]CF. The summed E-state index contributed by atoms with van der Waals surface area (Å²) in [4.78, 5) is 0. The highest BCUT2D eigenvalue weighted by atomic mass is 127. The zero-order valence-electron chi connectivity index (χ0n) is 93.9. The fourth-order valence-electron chi connectivity index (χ4n) is 7.90. The van der Waals surface area contributed by atoms with E-state index in [1.54, 1.807) is 40.0 Å². The molecule has 0 fully saturated rings. The molecule has 0 aromatic carbocycles. The summed E-state index contributed by atoms with van der Waals surface area (Å²) in [6.45, 7) is 108. The average molecular weight is 2210 g/mol. The van der Waals surface area contributed by atoms with Gasteiger partial charge in [-0.25, -0.2) is 14.0 Å². The summed E-state index contributed by atoms with van der Waals surface area (Å²) in [5.74, 6) is 0. The molecule has 0 aliphatic heterocycles. The molecule has 2 unspecified atom stereocenters. The zero-order valence-corrected chi connectivity index (χ0v) is 105. The molecule has 0 aliphatic rings. The first-order chi connectivity index (χ1) is 58.8. The van der Waals surface area contributed by atoms with Gasteiger partial charge in [-0.15, -0.1) is 4.52 Å². The lowest BCUT2D eigenvalue weighted by Gasteiger charge is -2.45. The van der Waals surface area contributed by atoms with Crippen LogP contribution in [-0.4, -0.2) is 348 Å². The highest BCUT2D eigenvalue weighted by Crippen LogP contribution is 2.51. The highest BCUT2D eigenvalue weighted by Gasteiger charge is 2.41. The van der Waals surface area contributed by atoms with Crippen molar-refractivity contribution >= 4 is 110 Å². The van der Waals surface area contributed by atoms with E-state index in [9.17, 15) is 22.7 Å². The van der Waals surface area contributed by atoms with Crippen molar-refractivity contribution in [1.82, 2.24) is 20.2 Å². The molecule has 2 atom stereocenters. The number of rotatable bonds is 53. The molecule has 131 heavy (non-hydrogen) atoms. The Hall–Kier alpha value is 1.42. The number of hydrogen-bond acceptors (Lipinski definition) is 28. The Morgan fingerprint density at radius 1 is 0.405 bits per heavy atom. The van der Waals surface area contributed by atoms with Crippen LogP contribution in [0.1, 0.15) is 201 Å². The van der Waals surface area contributed by atoms with Gasteiger partial charge in [0.15, 0.2) is 48.4 Å². The van der Waals surface area contributed by atoms with E-state index in [-0.39, 0.29) is 57.9 Å². The Balaban J connectivity index is -0.000000111. The number of ether oxygens (including phenoxy) is 6. The van der Waals surface area contributed by atoms with Crippen LogP contribution in [0.3, 0.4) is 0 Å². The lowest BCUT2D eigenvalue weighted by atomic mass is 10.2. The van der Waals surface area contributed by atoms with Gasteiger partial charge in [-0.1, -0.05) is 146 Å². The van der Waals surface area contributed by atoms with Gasteiger partial charge in [0.1, 0.15) is 0 Å². The summed E-state index contributed by atoms with van der Waals surface area (Å²) in [5, 5.41) is 50.7. The van der Waals surface area contributed by atoms with Crippen LogP contribution in [0.5, 0.6) is 0 Å². The normalized spacial score (nSPS) is 12.8. The molecule has 0 radical (unpaired) electrons. The van der Waals surface area contributed by atoms with Gasteiger partial charge in [0.05, 0.1) is 207 Å². The van der Waals surface area contributed by atoms with Crippen LogP contribution in [0.25, 0.3) is 0 Å². The standard InChI is InChI=1S/C15H32N3OP.C15H32N2O4P2.2C12H29O3PSi.C10H23IO2Si.C10H24O3Si.C7H18Si.C4H10O3.C2H6O2P.CH3F.CH4O.FH.H3N/c1-12(2)17(13(3)4)20(19-11-9-10-16)18(14(5)6)15(7)8;1-14(2)17(15(3)4)22(20-9-7-8-16)21-11-10-19-12-13-23(5,6)18;2*1-12(2,3)17(6,7)15-9-8-14-10-11-16(4,5)13;2*1-10(2,3)14(4,5)13-9-8-12-7-6-11;1-7(2,3)8(4,5)6;5-1-3-7-4-2-6;1-4-5(2)3;2*1-2;;/h12-15H,9,11H2,1-8H3;14-15H,7,9-13H2,1-6H3;2*8-11H2,1-7H3;6-9H2,1-5H3;11H,6-9H2,1-5H3;1-6H3;5-6H,1-4H2;1-2H3;1H3;2H,1H3;1H;1H3/q;;;;;;;;+1;;;;/i;;;;;;;;;1D;;;. The van der Waals surface area contributed by atoms with E-state index in [1.807, 2.05) is 0 Å². The van der Waals surface area contributed by atoms with Crippen molar-refractivity contribution in [3.05, 3.63) is 0 Å². The largest absolute Gasteiger partial charge is 0.504 e. The molecular formula is C89H214F2IN6O22P6Si5+. The summed E-state index contributed by atoms with van der Waals surface area (Å²) in [6, 6.07) is 6.50. The number of aliphatic hydroxyl groups excluding tert-OH is 4. The van der Waals surface area contributed by atoms with Crippen molar-refractivity contribution in [1.29, 1.82) is 10.5 Å². The van der Waals surface area contributed by atoms with Gasteiger partial charge in [0.25, 0.3) is 8.53 Å². The van der Waals surface area contributed by atoms with E-state index >= 15 is 0 Å². The molecule has 0 amide bonds. The van der Waals surface area contributed by atoms with Crippen LogP contribution in [0.4, 0.5) is 9.09 Å². The molecule has 0 spiro atoms. The smallest absolute Gasteiger partial charge is 0.414 e. The minimum Gasteiger partial charge on any atom is -0.414 e. The molecule has 7 N–H and O–H groups in total. The quantitative estimate of drug-likeness (QED) is 0.0124. The topological polar surface area (TPSA) is 371 Å². The molecule has 28 nitrogen and oxygen atoms in total. The van der Waals surface area contributed by atoms with Gasteiger partial charge in [0.2, 0.25) is 0 Å². The maximum absolute atomic E-state index is 11.6.